The molecular weight excluding hydrogens is 284 g/mol. The lowest BCUT2D eigenvalue weighted by Gasteiger charge is -2.11. The summed E-state index contributed by atoms with van der Waals surface area (Å²) >= 11 is 5.61. The zero-order valence-electron chi connectivity index (χ0n) is 10.7. The number of benzene rings is 2. The summed E-state index contributed by atoms with van der Waals surface area (Å²) in [7, 11) is 0. The molecule has 0 unspecified atom stereocenters. The predicted octanol–water partition coefficient (Wildman–Crippen LogP) is 3.70. The van der Waals surface area contributed by atoms with Gasteiger partial charge in [-0.05, 0) is 54.4 Å². The van der Waals surface area contributed by atoms with Crippen molar-refractivity contribution in [3.8, 4) is 5.75 Å². The Balaban J connectivity index is 2.11. The number of hydrogen-bond donors (Lipinski definition) is 1. The number of rotatable bonds is 5. The summed E-state index contributed by atoms with van der Waals surface area (Å²) in [6.07, 6.45) is 0.516. The lowest BCUT2D eigenvalue weighted by molar-refractivity contribution is 0.302. The Morgan fingerprint density at radius 3 is 2.60 bits per heavy atom. The third-order valence-electron chi connectivity index (χ3n) is 2.81. The van der Waals surface area contributed by atoms with Crippen LogP contribution in [-0.4, -0.2) is 6.54 Å². The Hall–Kier alpha value is -1.65. The van der Waals surface area contributed by atoms with Gasteiger partial charge in [-0.1, -0.05) is 17.7 Å². The summed E-state index contributed by atoms with van der Waals surface area (Å²) in [5.74, 6) is -0.278. The first-order valence-corrected chi connectivity index (χ1v) is 6.53. The fraction of sp³-hybridized carbons (Fsp3) is 0.200. The van der Waals surface area contributed by atoms with Gasteiger partial charge in [-0.15, -0.1) is 0 Å². The average Bonchev–Trinajstić information content (AvgIpc) is 2.42. The zero-order valence-corrected chi connectivity index (χ0v) is 11.5. The van der Waals surface area contributed by atoms with Crippen molar-refractivity contribution in [3.63, 3.8) is 0 Å². The standard InChI is InChI=1S/C15H14ClF2NO/c16-13-3-1-10(7-14(13)18)9-20-15-4-2-12(17)8-11(15)5-6-19/h1-4,7-8H,5-6,9,19H2. The van der Waals surface area contributed by atoms with E-state index >= 15 is 0 Å². The normalized spacial score (nSPS) is 10.6. The van der Waals surface area contributed by atoms with Crippen LogP contribution in [0.5, 0.6) is 5.75 Å². The Kier molecular flexibility index (Phi) is 4.93. The average molecular weight is 298 g/mol. The number of halogens is 3. The van der Waals surface area contributed by atoms with Crippen LogP contribution < -0.4 is 10.5 Å². The van der Waals surface area contributed by atoms with E-state index in [-0.39, 0.29) is 17.4 Å². The second-order valence-corrected chi connectivity index (χ2v) is 4.74. The molecule has 0 amide bonds. The molecule has 0 aliphatic rings. The van der Waals surface area contributed by atoms with E-state index in [1.807, 2.05) is 0 Å². The molecular formula is C15H14ClF2NO. The highest BCUT2D eigenvalue weighted by Crippen LogP contribution is 2.22. The molecule has 106 valence electrons. The van der Waals surface area contributed by atoms with Crippen LogP contribution in [-0.2, 0) is 13.0 Å². The first-order valence-electron chi connectivity index (χ1n) is 6.15. The van der Waals surface area contributed by atoms with Crippen molar-refractivity contribution in [2.24, 2.45) is 5.73 Å². The second kappa shape index (κ2) is 6.68. The fourth-order valence-corrected chi connectivity index (χ4v) is 1.95. The van der Waals surface area contributed by atoms with E-state index < -0.39 is 5.82 Å². The van der Waals surface area contributed by atoms with E-state index in [0.717, 1.165) is 0 Å². The smallest absolute Gasteiger partial charge is 0.142 e. The van der Waals surface area contributed by atoms with Crippen molar-refractivity contribution < 1.29 is 13.5 Å². The van der Waals surface area contributed by atoms with Crippen molar-refractivity contribution in [1.29, 1.82) is 0 Å². The Morgan fingerprint density at radius 2 is 1.90 bits per heavy atom. The van der Waals surface area contributed by atoms with E-state index in [4.69, 9.17) is 22.1 Å². The van der Waals surface area contributed by atoms with Gasteiger partial charge < -0.3 is 10.5 Å². The van der Waals surface area contributed by atoms with E-state index in [9.17, 15) is 8.78 Å². The third kappa shape index (κ3) is 3.68. The molecule has 0 atom stereocenters. The molecule has 0 spiro atoms. The number of hydrogen-bond acceptors (Lipinski definition) is 2. The first-order chi connectivity index (χ1) is 9.60. The van der Waals surface area contributed by atoms with Gasteiger partial charge in [0, 0.05) is 0 Å². The van der Waals surface area contributed by atoms with E-state index in [1.165, 1.54) is 24.3 Å². The van der Waals surface area contributed by atoms with Crippen molar-refractivity contribution >= 4 is 11.6 Å². The minimum absolute atomic E-state index is 0.0688. The first kappa shape index (κ1) is 14.8. The molecule has 0 heterocycles. The molecule has 2 rings (SSSR count). The minimum Gasteiger partial charge on any atom is -0.489 e. The molecule has 0 aromatic heterocycles. The SMILES string of the molecule is NCCc1cc(F)ccc1OCc1ccc(Cl)c(F)c1. The highest BCUT2D eigenvalue weighted by atomic mass is 35.5. The number of ether oxygens (including phenoxy) is 1. The van der Waals surface area contributed by atoms with Crippen molar-refractivity contribution in [1.82, 2.24) is 0 Å². The lowest BCUT2D eigenvalue weighted by atomic mass is 10.1. The third-order valence-corrected chi connectivity index (χ3v) is 3.12. The van der Waals surface area contributed by atoms with Crippen molar-refractivity contribution in [2.75, 3.05) is 6.54 Å². The lowest BCUT2D eigenvalue weighted by Crippen LogP contribution is -2.06. The molecule has 0 saturated carbocycles. The molecule has 0 radical (unpaired) electrons. The van der Waals surface area contributed by atoms with Crippen LogP contribution in [0.4, 0.5) is 8.78 Å². The van der Waals surface area contributed by atoms with Gasteiger partial charge in [0.15, 0.2) is 0 Å². The minimum atomic E-state index is -0.492. The summed E-state index contributed by atoms with van der Waals surface area (Å²) in [6, 6.07) is 8.72. The van der Waals surface area contributed by atoms with Gasteiger partial charge in [-0.3, -0.25) is 0 Å². The van der Waals surface area contributed by atoms with Crippen LogP contribution in [0.25, 0.3) is 0 Å². The summed E-state index contributed by atoms with van der Waals surface area (Å²) in [5, 5.41) is 0.0688. The quantitative estimate of drug-likeness (QED) is 0.913. The van der Waals surface area contributed by atoms with Crippen LogP contribution >= 0.6 is 11.6 Å². The van der Waals surface area contributed by atoms with Crippen LogP contribution in [0.1, 0.15) is 11.1 Å². The van der Waals surface area contributed by atoms with Gasteiger partial charge in [0.25, 0.3) is 0 Å². The summed E-state index contributed by atoms with van der Waals surface area (Å²) in [5.41, 5.74) is 6.83. The maximum absolute atomic E-state index is 13.3. The molecule has 2 nitrogen and oxygen atoms in total. The van der Waals surface area contributed by atoms with E-state index in [0.29, 0.717) is 29.8 Å². The largest absolute Gasteiger partial charge is 0.489 e. The van der Waals surface area contributed by atoms with Gasteiger partial charge in [-0.25, -0.2) is 8.78 Å². The van der Waals surface area contributed by atoms with Crippen LogP contribution in [0.3, 0.4) is 0 Å². The van der Waals surface area contributed by atoms with Crippen LogP contribution in [0.2, 0.25) is 5.02 Å². The van der Waals surface area contributed by atoms with Gasteiger partial charge in [0.05, 0.1) is 5.02 Å². The van der Waals surface area contributed by atoms with Crippen molar-refractivity contribution in [2.45, 2.75) is 13.0 Å². The fourth-order valence-electron chi connectivity index (χ4n) is 1.83. The molecule has 2 aromatic rings. The molecule has 0 aliphatic carbocycles. The summed E-state index contributed by atoms with van der Waals surface area (Å²) < 4.78 is 32.1. The molecule has 0 saturated heterocycles. The molecule has 0 aliphatic heterocycles. The maximum atomic E-state index is 13.3. The molecule has 2 N–H and O–H groups in total. The molecule has 20 heavy (non-hydrogen) atoms. The van der Waals surface area contributed by atoms with Gasteiger partial charge >= 0.3 is 0 Å². The summed E-state index contributed by atoms with van der Waals surface area (Å²) in [6.45, 7) is 0.576. The molecule has 2 aromatic carbocycles. The Morgan fingerprint density at radius 1 is 1.10 bits per heavy atom. The highest BCUT2D eigenvalue weighted by Gasteiger charge is 2.07. The van der Waals surface area contributed by atoms with Gasteiger partial charge in [0.1, 0.15) is 24.0 Å². The van der Waals surface area contributed by atoms with Gasteiger partial charge in [0.2, 0.25) is 0 Å². The van der Waals surface area contributed by atoms with E-state index in [2.05, 4.69) is 0 Å². The monoisotopic (exact) mass is 297 g/mol. The predicted molar refractivity (Wildman–Crippen MR) is 74.9 cm³/mol. The summed E-state index contributed by atoms with van der Waals surface area (Å²) in [4.78, 5) is 0. The molecule has 0 fully saturated rings. The zero-order chi connectivity index (χ0) is 14.5. The van der Waals surface area contributed by atoms with Crippen molar-refractivity contribution in [3.05, 3.63) is 64.2 Å². The highest BCUT2D eigenvalue weighted by molar-refractivity contribution is 6.30. The van der Waals surface area contributed by atoms with Crippen LogP contribution in [0, 0.1) is 11.6 Å². The van der Waals surface area contributed by atoms with E-state index in [1.54, 1.807) is 12.1 Å². The van der Waals surface area contributed by atoms with Gasteiger partial charge in [-0.2, -0.15) is 0 Å². The Labute approximate surface area is 121 Å². The maximum Gasteiger partial charge on any atom is 0.142 e. The number of nitrogens with two attached hydrogens (primary N) is 1. The molecule has 0 bridgehead atoms. The second-order valence-electron chi connectivity index (χ2n) is 4.33. The van der Waals surface area contributed by atoms with Crippen LogP contribution in [0.15, 0.2) is 36.4 Å². The Bertz CT molecular complexity index is 604. The molecule has 5 heteroatoms. The topological polar surface area (TPSA) is 35.2 Å².